The Morgan fingerprint density at radius 2 is 2.00 bits per heavy atom. The van der Waals surface area contributed by atoms with Gasteiger partial charge in [-0.3, -0.25) is 9.59 Å². The topological polar surface area (TPSA) is 63.5 Å². The van der Waals surface area contributed by atoms with Gasteiger partial charge in [0.1, 0.15) is 6.04 Å². The molecule has 1 aromatic carbocycles. The first kappa shape index (κ1) is 18.1. The lowest BCUT2D eigenvalue weighted by Gasteiger charge is -2.18. The average Bonchev–Trinajstić information content (AvgIpc) is 2.91. The highest BCUT2D eigenvalue weighted by atomic mass is 32.1. The molecule has 128 valence electrons. The van der Waals surface area contributed by atoms with E-state index in [0.717, 1.165) is 5.56 Å². The van der Waals surface area contributed by atoms with Crippen LogP contribution in [-0.2, 0) is 11.8 Å². The zero-order chi connectivity index (χ0) is 17.7. The van der Waals surface area contributed by atoms with Gasteiger partial charge < -0.3 is 9.88 Å². The highest BCUT2D eigenvalue weighted by molar-refractivity contribution is 7.07. The van der Waals surface area contributed by atoms with E-state index < -0.39 is 6.04 Å². The summed E-state index contributed by atoms with van der Waals surface area (Å²) in [6.07, 6.45) is 2.40. The summed E-state index contributed by atoms with van der Waals surface area (Å²) in [7, 11) is 1.84. The van der Waals surface area contributed by atoms with E-state index in [1.807, 2.05) is 57.6 Å². The fourth-order valence-corrected chi connectivity index (χ4v) is 3.10. The molecule has 24 heavy (non-hydrogen) atoms. The number of nitrogens with zero attached hydrogens (tertiary/aromatic N) is 2. The number of aryl methyl sites for hydroxylation is 2. The van der Waals surface area contributed by atoms with Gasteiger partial charge in [-0.2, -0.15) is 4.99 Å². The summed E-state index contributed by atoms with van der Waals surface area (Å²) in [5.41, 5.74) is 1.47. The molecule has 1 heterocycles. The molecule has 0 fully saturated rings. The third kappa shape index (κ3) is 4.64. The highest BCUT2D eigenvalue weighted by Crippen LogP contribution is 2.10. The summed E-state index contributed by atoms with van der Waals surface area (Å²) in [6, 6.07) is 6.72. The van der Waals surface area contributed by atoms with Crippen molar-refractivity contribution in [3.05, 3.63) is 51.8 Å². The summed E-state index contributed by atoms with van der Waals surface area (Å²) >= 11 is 1.39. The maximum atomic E-state index is 12.6. The average molecular weight is 345 g/mol. The second-order valence-electron chi connectivity index (χ2n) is 6.22. The number of amides is 2. The van der Waals surface area contributed by atoms with Crippen molar-refractivity contribution in [1.82, 2.24) is 9.88 Å². The number of carbonyl (C=O) groups excluding carboxylic acids is 2. The normalized spacial score (nSPS) is 13.1. The van der Waals surface area contributed by atoms with Gasteiger partial charge in [-0.25, -0.2) is 0 Å². The second kappa shape index (κ2) is 8.06. The lowest BCUT2D eigenvalue weighted by atomic mass is 10.0. The summed E-state index contributed by atoms with van der Waals surface area (Å²) in [4.78, 5) is 29.9. The molecule has 6 heteroatoms. The summed E-state index contributed by atoms with van der Waals surface area (Å²) in [5.74, 6) is -0.287. The van der Waals surface area contributed by atoms with Gasteiger partial charge in [-0.05, 0) is 30.9 Å². The molecule has 5 nitrogen and oxygen atoms in total. The Hall–Kier alpha value is -2.21. The summed E-state index contributed by atoms with van der Waals surface area (Å²) in [5, 5.41) is 4.72. The Bertz CT molecular complexity index is 789. The zero-order valence-electron chi connectivity index (χ0n) is 14.4. The van der Waals surface area contributed by atoms with Crippen LogP contribution in [0, 0.1) is 12.8 Å². The van der Waals surface area contributed by atoms with Crippen LogP contribution in [0.1, 0.15) is 36.2 Å². The van der Waals surface area contributed by atoms with Crippen LogP contribution >= 0.6 is 11.3 Å². The molecule has 0 aliphatic rings. The lowest BCUT2D eigenvalue weighted by Crippen LogP contribution is -2.42. The van der Waals surface area contributed by atoms with Crippen LogP contribution in [0.15, 0.2) is 40.8 Å². The smallest absolute Gasteiger partial charge is 0.270 e. The molecule has 0 aliphatic carbocycles. The quantitative estimate of drug-likeness (QED) is 0.905. The Morgan fingerprint density at radius 1 is 1.29 bits per heavy atom. The van der Waals surface area contributed by atoms with Gasteiger partial charge >= 0.3 is 0 Å². The van der Waals surface area contributed by atoms with E-state index in [1.54, 1.807) is 10.6 Å². The number of aromatic nitrogens is 1. The number of benzene rings is 1. The Labute approximate surface area is 146 Å². The van der Waals surface area contributed by atoms with Crippen molar-refractivity contribution >= 4 is 23.2 Å². The minimum absolute atomic E-state index is 0.238. The number of rotatable bonds is 5. The van der Waals surface area contributed by atoms with Gasteiger partial charge in [-0.1, -0.05) is 32.0 Å². The molecule has 0 saturated carbocycles. The molecule has 0 saturated heterocycles. The minimum atomic E-state index is -0.626. The van der Waals surface area contributed by atoms with E-state index in [2.05, 4.69) is 10.3 Å². The van der Waals surface area contributed by atoms with Gasteiger partial charge in [0.05, 0.1) is 0 Å². The molecular weight excluding hydrogens is 322 g/mol. The number of thiazole rings is 1. The molecule has 2 amide bonds. The molecule has 0 radical (unpaired) electrons. The Kier molecular flexibility index (Phi) is 6.09. The third-order valence-electron chi connectivity index (χ3n) is 3.67. The minimum Gasteiger partial charge on any atom is -0.340 e. The van der Waals surface area contributed by atoms with E-state index in [4.69, 9.17) is 0 Å². The van der Waals surface area contributed by atoms with Crippen LogP contribution in [0.3, 0.4) is 0 Å². The number of carbonyl (C=O) groups is 2. The van der Waals surface area contributed by atoms with Gasteiger partial charge in [0.25, 0.3) is 11.8 Å². The Morgan fingerprint density at radius 3 is 2.58 bits per heavy atom. The standard InChI is InChI=1S/C18H23N3O2S/c1-12(2)11-15(17(23)20-18-21(4)9-10-24-18)19-16(22)14-8-6-5-7-13(14)3/h5-10,12,15H,11H2,1-4H3,(H,19,22)/t15-/m0/s1. The van der Waals surface area contributed by atoms with Crippen molar-refractivity contribution in [2.24, 2.45) is 18.0 Å². The van der Waals surface area contributed by atoms with E-state index in [9.17, 15) is 9.59 Å². The molecule has 0 unspecified atom stereocenters. The monoisotopic (exact) mass is 345 g/mol. The number of hydrogen-bond acceptors (Lipinski definition) is 3. The lowest BCUT2D eigenvalue weighted by molar-refractivity contribution is -0.120. The predicted molar refractivity (Wildman–Crippen MR) is 95.7 cm³/mol. The third-order valence-corrected chi connectivity index (χ3v) is 4.51. The predicted octanol–water partition coefficient (Wildman–Crippen LogP) is 2.67. The summed E-state index contributed by atoms with van der Waals surface area (Å²) in [6.45, 7) is 5.92. The second-order valence-corrected chi connectivity index (χ2v) is 7.09. The first-order valence-corrected chi connectivity index (χ1v) is 8.81. The van der Waals surface area contributed by atoms with Crippen molar-refractivity contribution in [1.29, 1.82) is 0 Å². The van der Waals surface area contributed by atoms with E-state index in [1.165, 1.54) is 11.3 Å². The molecule has 0 bridgehead atoms. The van der Waals surface area contributed by atoms with Gasteiger partial charge in [0.2, 0.25) is 0 Å². The van der Waals surface area contributed by atoms with Crippen molar-refractivity contribution < 1.29 is 9.59 Å². The fourth-order valence-electron chi connectivity index (χ4n) is 2.36. The molecule has 1 aromatic heterocycles. The van der Waals surface area contributed by atoms with E-state index in [-0.39, 0.29) is 17.7 Å². The molecular formula is C18H23N3O2S. The Balaban J connectivity index is 2.23. The maximum absolute atomic E-state index is 12.6. The first-order valence-electron chi connectivity index (χ1n) is 7.93. The highest BCUT2D eigenvalue weighted by Gasteiger charge is 2.23. The van der Waals surface area contributed by atoms with Crippen LogP contribution < -0.4 is 10.1 Å². The molecule has 0 spiro atoms. The van der Waals surface area contributed by atoms with Crippen LogP contribution in [0.5, 0.6) is 0 Å². The van der Waals surface area contributed by atoms with Gasteiger partial charge in [0.15, 0.2) is 4.80 Å². The number of nitrogens with one attached hydrogen (secondary N) is 1. The van der Waals surface area contributed by atoms with E-state index in [0.29, 0.717) is 16.8 Å². The largest absolute Gasteiger partial charge is 0.340 e. The van der Waals surface area contributed by atoms with Crippen LogP contribution in [0.25, 0.3) is 0 Å². The molecule has 2 aromatic rings. The SMILES string of the molecule is Cc1ccccc1C(=O)N[C@@H](CC(C)C)C(=O)N=c1sccn1C. The van der Waals surface area contributed by atoms with Gasteiger partial charge in [0, 0.05) is 24.2 Å². The van der Waals surface area contributed by atoms with E-state index >= 15 is 0 Å². The van der Waals surface area contributed by atoms with Crippen LogP contribution in [0.4, 0.5) is 0 Å². The first-order chi connectivity index (χ1) is 11.4. The molecule has 0 aliphatic heterocycles. The zero-order valence-corrected chi connectivity index (χ0v) is 15.3. The molecule has 1 N–H and O–H groups in total. The van der Waals surface area contributed by atoms with Crippen molar-refractivity contribution in [3.8, 4) is 0 Å². The number of hydrogen-bond donors (Lipinski definition) is 1. The van der Waals surface area contributed by atoms with Crippen LogP contribution in [-0.4, -0.2) is 22.4 Å². The maximum Gasteiger partial charge on any atom is 0.270 e. The van der Waals surface area contributed by atoms with Crippen molar-refractivity contribution in [2.75, 3.05) is 0 Å². The van der Waals surface area contributed by atoms with Crippen molar-refractivity contribution in [3.63, 3.8) is 0 Å². The summed E-state index contributed by atoms with van der Waals surface area (Å²) < 4.78 is 1.79. The molecule has 1 atom stereocenters. The van der Waals surface area contributed by atoms with Crippen LogP contribution in [0.2, 0.25) is 0 Å². The fraction of sp³-hybridized carbons (Fsp3) is 0.389. The molecule has 2 rings (SSSR count). The van der Waals surface area contributed by atoms with Gasteiger partial charge in [-0.15, -0.1) is 11.3 Å². The van der Waals surface area contributed by atoms with Crippen molar-refractivity contribution in [2.45, 2.75) is 33.2 Å².